The van der Waals surface area contributed by atoms with Crippen LogP contribution in [0.4, 0.5) is 0 Å². The summed E-state index contributed by atoms with van der Waals surface area (Å²) in [6, 6.07) is 12.1. The molecule has 2 aromatic rings. The first-order valence-corrected chi connectivity index (χ1v) is 12.7. The molecule has 0 bridgehead atoms. The fourth-order valence-corrected chi connectivity index (χ4v) is 7.24. The van der Waals surface area contributed by atoms with Crippen molar-refractivity contribution in [3.8, 4) is 5.75 Å². The number of carbonyl (C=O) groups excluding carboxylic acids is 1. The van der Waals surface area contributed by atoms with Gasteiger partial charge in [-0.15, -0.1) is 0 Å². The highest BCUT2D eigenvalue weighted by Crippen LogP contribution is 2.62. The largest absolute Gasteiger partial charge is 0.497 e. The topological polar surface area (TPSA) is 64.4 Å². The maximum atomic E-state index is 13.2. The second-order valence-corrected chi connectivity index (χ2v) is 11.2. The Labute approximate surface area is 201 Å². The van der Waals surface area contributed by atoms with Crippen LogP contribution < -0.4 is 4.74 Å². The van der Waals surface area contributed by atoms with Gasteiger partial charge in [0.15, 0.2) is 0 Å². The van der Waals surface area contributed by atoms with Crippen molar-refractivity contribution >= 4 is 5.97 Å². The number of ether oxygens (including phenoxy) is 3. The molecule has 6 heteroatoms. The van der Waals surface area contributed by atoms with E-state index in [1.165, 1.54) is 24.8 Å². The number of furan rings is 1. The zero-order chi connectivity index (χ0) is 23.3. The van der Waals surface area contributed by atoms with Gasteiger partial charge < -0.3 is 18.6 Å². The van der Waals surface area contributed by atoms with E-state index in [0.29, 0.717) is 19.0 Å². The summed E-state index contributed by atoms with van der Waals surface area (Å²) in [4.78, 5) is 15.5. The lowest BCUT2D eigenvalue weighted by Crippen LogP contribution is -2.51. The molecule has 1 spiro atoms. The summed E-state index contributed by atoms with van der Waals surface area (Å²) in [6.07, 6.45) is 7.38. The Hall–Kier alpha value is -2.31. The molecule has 2 aliphatic carbocycles. The van der Waals surface area contributed by atoms with E-state index in [4.69, 9.17) is 18.6 Å². The summed E-state index contributed by atoms with van der Waals surface area (Å²) in [5, 5.41) is 0. The van der Waals surface area contributed by atoms with E-state index in [1.807, 2.05) is 24.3 Å². The lowest BCUT2D eigenvalue weighted by Gasteiger charge is -2.51. The summed E-state index contributed by atoms with van der Waals surface area (Å²) in [5.74, 6) is 2.41. The maximum Gasteiger partial charge on any atom is 0.310 e. The summed E-state index contributed by atoms with van der Waals surface area (Å²) < 4.78 is 23.1. The van der Waals surface area contributed by atoms with Crippen LogP contribution in [0.3, 0.4) is 0 Å². The Bertz CT molecular complexity index is 1010. The highest BCUT2D eigenvalue weighted by Gasteiger charge is 2.65. The number of hydrogen-bond donors (Lipinski definition) is 0. The predicted octanol–water partition coefficient (Wildman–Crippen LogP) is 4.82. The second kappa shape index (κ2) is 8.42. The molecule has 1 aromatic heterocycles. The van der Waals surface area contributed by atoms with Crippen molar-refractivity contribution in [3.63, 3.8) is 0 Å². The molecular formula is C28H35NO5. The van der Waals surface area contributed by atoms with Crippen molar-refractivity contribution in [2.24, 2.45) is 23.2 Å². The quantitative estimate of drug-likeness (QED) is 0.432. The van der Waals surface area contributed by atoms with E-state index in [9.17, 15) is 4.79 Å². The SMILES string of the molecule is COc1ccc(CN(Cc2ccco2)C[C@H]2C(=O)O[C@@H]3C[C@@]4(C)CCC[C@@]5(CO5)[C@@H]4C[C@@H]32)cc1. The predicted molar refractivity (Wildman–Crippen MR) is 126 cm³/mol. The van der Waals surface area contributed by atoms with E-state index in [2.05, 4.69) is 24.0 Å². The fourth-order valence-electron chi connectivity index (χ4n) is 7.24. The van der Waals surface area contributed by atoms with Crippen LogP contribution in [0.15, 0.2) is 47.1 Å². The molecule has 6 atom stereocenters. The third-order valence-corrected chi connectivity index (χ3v) is 9.06. The Morgan fingerprint density at radius 2 is 1.97 bits per heavy atom. The van der Waals surface area contributed by atoms with Gasteiger partial charge in [-0.3, -0.25) is 9.69 Å². The summed E-state index contributed by atoms with van der Waals surface area (Å²) >= 11 is 0. The van der Waals surface area contributed by atoms with Crippen LogP contribution in [0.5, 0.6) is 5.75 Å². The van der Waals surface area contributed by atoms with E-state index in [-0.39, 0.29) is 34.9 Å². The minimum atomic E-state index is -0.111. The van der Waals surface area contributed by atoms with Crippen LogP contribution in [0, 0.1) is 23.2 Å². The minimum Gasteiger partial charge on any atom is -0.497 e. The fraction of sp³-hybridized carbons (Fsp3) is 0.607. The Morgan fingerprint density at radius 3 is 2.68 bits per heavy atom. The van der Waals surface area contributed by atoms with Gasteiger partial charge in [0.1, 0.15) is 17.6 Å². The molecule has 1 aromatic carbocycles. The summed E-state index contributed by atoms with van der Waals surface area (Å²) in [6.45, 7) is 5.37. The standard InChI is InChI=1S/C28H35NO5/c1-27-10-4-11-28(18-33-28)25(27)13-22-23(26(30)34-24(22)14-27)17-29(16-21-5-3-12-32-21)15-19-6-8-20(31-2)9-7-19/h3,5-9,12,22-25H,4,10-11,13-18H2,1-2H3/t22-,23-,24-,25-,27-,28-/m1/s1. The van der Waals surface area contributed by atoms with Gasteiger partial charge in [0.05, 0.1) is 38.0 Å². The number of esters is 1. The van der Waals surface area contributed by atoms with Crippen molar-refractivity contribution in [1.29, 1.82) is 0 Å². The number of benzene rings is 1. The van der Waals surface area contributed by atoms with Gasteiger partial charge in [-0.2, -0.15) is 0 Å². The zero-order valence-electron chi connectivity index (χ0n) is 20.2. The average molecular weight is 466 g/mol. The molecule has 0 N–H and O–H groups in total. The first-order valence-electron chi connectivity index (χ1n) is 12.7. The van der Waals surface area contributed by atoms with Crippen molar-refractivity contribution < 1.29 is 23.4 Å². The number of epoxide rings is 1. The van der Waals surface area contributed by atoms with Crippen molar-refractivity contribution in [2.45, 2.75) is 63.8 Å². The van der Waals surface area contributed by atoms with Gasteiger partial charge in [-0.1, -0.05) is 19.1 Å². The molecule has 6 rings (SSSR count). The van der Waals surface area contributed by atoms with Gasteiger partial charge in [-0.25, -0.2) is 0 Å². The first-order chi connectivity index (χ1) is 16.5. The van der Waals surface area contributed by atoms with Crippen molar-refractivity contribution in [2.75, 3.05) is 20.3 Å². The second-order valence-electron chi connectivity index (χ2n) is 11.2. The highest BCUT2D eigenvalue weighted by molar-refractivity contribution is 5.75. The number of hydrogen-bond acceptors (Lipinski definition) is 6. The smallest absolute Gasteiger partial charge is 0.310 e. The Kier molecular flexibility index (Phi) is 5.49. The number of rotatable bonds is 7. The Balaban J connectivity index is 1.22. The molecule has 2 saturated carbocycles. The van der Waals surface area contributed by atoms with Crippen LogP contribution in [-0.2, 0) is 27.4 Å². The number of nitrogens with zero attached hydrogens (tertiary/aromatic N) is 1. The molecule has 4 fully saturated rings. The average Bonchev–Trinajstić information content (AvgIpc) is 3.27. The maximum absolute atomic E-state index is 13.2. The van der Waals surface area contributed by atoms with Crippen LogP contribution in [0.2, 0.25) is 0 Å². The molecule has 4 aliphatic rings. The normalized spacial score (nSPS) is 36.3. The van der Waals surface area contributed by atoms with Gasteiger partial charge in [-0.05, 0) is 73.3 Å². The van der Waals surface area contributed by atoms with E-state index >= 15 is 0 Å². The molecule has 34 heavy (non-hydrogen) atoms. The molecular weight excluding hydrogens is 430 g/mol. The van der Waals surface area contributed by atoms with Gasteiger partial charge in [0.2, 0.25) is 0 Å². The highest BCUT2D eigenvalue weighted by atomic mass is 16.6. The molecule has 0 amide bonds. The summed E-state index contributed by atoms with van der Waals surface area (Å²) in [5.41, 5.74) is 1.48. The summed E-state index contributed by atoms with van der Waals surface area (Å²) in [7, 11) is 1.68. The number of carbonyl (C=O) groups is 1. The monoisotopic (exact) mass is 465 g/mol. The lowest BCUT2D eigenvalue weighted by atomic mass is 9.53. The number of fused-ring (bicyclic) bond motifs is 3. The van der Waals surface area contributed by atoms with Gasteiger partial charge >= 0.3 is 5.97 Å². The Morgan fingerprint density at radius 1 is 1.15 bits per heavy atom. The lowest BCUT2D eigenvalue weighted by molar-refractivity contribution is -0.147. The van der Waals surface area contributed by atoms with Crippen LogP contribution in [-0.4, -0.2) is 42.8 Å². The van der Waals surface area contributed by atoms with E-state index in [0.717, 1.165) is 37.5 Å². The third-order valence-electron chi connectivity index (χ3n) is 9.06. The molecule has 0 radical (unpaired) electrons. The number of methoxy groups -OCH3 is 1. The molecule has 0 unspecified atom stereocenters. The third kappa shape index (κ3) is 3.95. The van der Waals surface area contributed by atoms with E-state index in [1.54, 1.807) is 13.4 Å². The van der Waals surface area contributed by atoms with Crippen molar-refractivity contribution in [3.05, 3.63) is 54.0 Å². The van der Waals surface area contributed by atoms with Crippen molar-refractivity contribution in [1.82, 2.24) is 4.90 Å². The van der Waals surface area contributed by atoms with Gasteiger partial charge in [0, 0.05) is 19.0 Å². The minimum absolute atomic E-state index is 0.0258. The van der Waals surface area contributed by atoms with Crippen LogP contribution in [0.25, 0.3) is 0 Å². The van der Waals surface area contributed by atoms with Crippen LogP contribution in [0.1, 0.15) is 50.4 Å². The molecule has 2 aliphatic heterocycles. The first kappa shape index (κ1) is 22.2. The van der Waals surface area contributed by atoms with Gasteiger partial charge in [0.25, 0.3) is 0 Å². The van der Waals surface area contributed by atoms with Crippen LogP contribution >= 0.6 is 0 Å². The van der Waals surface area contributed by atoms with E-state index < -0.39 is 0 Å². The molecule has 3 heterocycles. The molecule has 2 saturated heterocycles. The molecule has 182 valence electrons. The zero-order valence-corrected chi connectivity index (χ0v) is 20.2. The molecule has 6 nitrogen and oxygen atoms in total.